The molecule has 2 aliphatic rings. The van der Waals surface area contributed by atoms with Crippen molar-refractivity contribution < 1.29 is 4.79 Å². The van der Waals surface area contributed by atoms with E-state index in [9.17, 15) is 14.4 Å². The lowest BCUT2D eigenvalue weighted by Crippen LogP contribution is -2.49. The summed E-state index contributed by atoms with van der Waals surface area (Å²) in [6.07, 6.45) is 4.44. The third-order valence-corrected chi connectivity index (χ3v) is 5.39. The number of H-pyrrole nitrogens is 1. The molecule has 2 N–H and O–H groups in total. The predicted octanol–water partition coefficient (Wildman–Crippen LogP) is 0.433. The highest BCUT2D eigenvalue weighted by Gasteiger charge is 2.36. The summed E-state index contributed by atoms with van der Waals surface area (Å²) in [5, 5.41) is 3.45. The molecule has 0 unspecified atom stereocenters. The summed E-state index contributed by atoms with van der Waals surface area (Å²) >= 11 is 0. The lowest BCUT2D eigenvalue weighted by atomic mass is 9.99. The number of benzene rings is 1. The maximum atomic E-state index is 12.5. The Labute approximate surface area is 144 Å². The lowest BCUT2D eigenvalue weighted by Gasteiger charge is -2.32. The summed E-state index contributed by atoms with van der Waals surface area (Å²) in [7, 11) is 0. The summed E-state index contributed by atoms with van der Waals surface area (Å²) in [5.41, 5.74) is -0.493. The molecule has 0 spiro atoms. The quantitative estimate of drug-likeness (QED) is 0.847. The van der Waals surface area contributed by atoms with Crippen LogP contribution in [0.25, 0.3) is 10.9 Å². The molecule has 7 heteroatoms. The number of fused-ring (bicyclic) bond motifs is 2. The zero-order valence-electron chi connectivity index (χ0n) is 14.0. The fourth-order valence-corrected chi connectivity index (χ4v) is 4.15. The minimum Gasteiger partial charge on any atom is -0.350 e. The third kappa shape index (κ3) is 3.00. The number of carbonyl (C=O) groups excluding carboxylic acids is 1. The predicted molar refractivity (Wildman–Crippen MR) is 94.6 cm³/mol. The molecule has 1 aromatic heterocycles. The average molecular weight is 342 g/mol. The summed E-state index contributed by atoms with van der Waals surface area (Å²) in [6, 6.07) is 7.33. The molecule has 132 valence electrons. The fourth-order valence-electron chi connectivity index (χ4n) is 4.15. The number of piperidine rings is 1. The molecule has 0 saturated carbocycles. The monoisotopic (exact) mass is 342 g/mol. The van der Waals surface area contributed by atoms with Crippen molar-refractivity contribution >= 4 is 16.8 Å². The molecule has 2 aliphatic heterocycles. The van der Waals surface area contributed by atoms with Crippen molar-refractivity contribution in [3.63, 3.8) is 0 Å². The van der Waals surface area contributed by atoms with Crippen molar-refractivity contribution in [1.29, 1.82) is 0 Å². The van der Waals surface area contributed by atoms with Crippen LogP contribution in [0.3, 0.4) is 0 Å². The highest BCUT2D eigenvalue weighted by Crippen LogP contribution is 2.27. The molecule has 1 amide bonds. The van der Waals surface area contributed by atoms with Crippen LogP contribution in [-0.4, -0.2) is 45.5 Å². The van der Waals surface area contributed by atoms with Crippen molar-refractivity contribution in [3.8, 4) is 0 Å². The van der Waals surface area contributed by atoms with Gasteiger partial charge in [-0.15, -0.1) is 0 Å². The maximum absolute atomic E-state index is 12.5. The Balaban J connectivity index is 1.52. The Kier molecular flexibility index (Phi) is 4.17. The SMILES string of the molecule is O=C(Cn1c(=O)[nH]c2ccccc2c1=O)N[C@@H]1CCN2CCCC[C@@H]12. The van der Waals surface area contributed by atoms with E-state index in [-0.39, 0.29) is 18.5 Å². The number of hydrogen-bond donors (Lipinski definition) is 2. The first kappa shape index (κ1) is 16.1. The van der Waals surface area contributed by atoms with E-state index in [1.165, 1.54) is 12.8 Å². The third-order valence-electron chi connectivity index (χ3n) is 5.39. The number of nitrogens with one attached hydrogen (secondary N) is 2. The second-order valence-electron chi connectivity index (χ2n) is 6.93. The maximum Gasteiger partial charge on any atom is 0.329 e. The first-order valence-corrected chi connectivity index (χ1v) is 8.89. The normalized spacial score (nSPS) is 23.5. The van der Waals surface area contributed by atoms with Gasteiger partial charge in [-0.05, 0) is 37.9 Å². The molecular weight excluding hydrogens is 320 g/mol. The van der Waals surface area contributed by atoms with Crippen LogP contribution in [0.4, 0.5) is 0 Å². The minimum atomic E-state index is -0.551. The number of nitrogens with zero attached hydrogens (tertiary/aromatic N) is 2. The topological polar surface area (TPSA) is 87.2 Å². The molecule has 7 nitrogen and oxygen atoms in total. The van der Waals surface area contributed by atoms with Gasteiger partial charge in [-0.2, -0.15) is 0 Å². The van der Waals surface area contributed by atoms with Crippen LogP contribution in [0.5, 0.6) is 0 Å². The van der Waals surface area contributed by atoms with E-state index in [2.05, 4.69) is 15.2 Å². The number of rotatable bonds is 3. The van der Waals surface area contributed by atoms with E-state index in [0.29, 0.717) is 16.9 Å². The van der Waals surface area contributed by atoms with Crippen LogP contribution < -0.4 is 16.6 Å². The first-order chi connectivity index (χ1) is 12.1. The van der Waals surface area contributed by atoms with Crippen LogP contribution in [0.1, 0.15) is 25.7 Å². The van der Waals surface area contributed by atoms with Gasteiger partial charge in [-0.1, -0.05) is 18.6 Å². The van der Waals surface area contributed by atoms with Gasteiger partial charge in [0, 0.05) is 18.6 Å². The molecule has 2 aromatic rings. The molecular formula is C18H22N4O3. The van der Waals surface area contributed by atoms with E-state index in [1.807, 2.05) is 0 Å². The highest BCUT2D eigenvalue weighted by atomic mass is 16.2. The molecule has 3 heterocycles. The smallest absolute Gasteiger partial charge is 0.329 e. The van der Waals surface area contributed by atoms with E-state index in [0.717, 1.165) is 30.5 Å². The molecule has 0 radical (unpaired) electrons. The number of amides is 1. The zero-order valence-corrected chi connectivity index (χ0v) is 14.0. The Morgan fingerprint density at radius 2 is 2.00 bits per heavy atom. The average Bonchev–Trinajstić information content (AvgIpc) is 3.02. The van der Waals surface area contributed by atoms with Gasteiger partial charge >= 0.3 is 5.69 Å². The van der Waals surface area contributed by atoms with E-state index < -0.39 is 11.2 Å². The molecule has 0 bridgehead atoms. The van der Waals surface area contributed by atoms with Gasteiger partial charge in [0.2, 0.25) is 5.91 Å². The van der Waals surface area contributed by atoms with Crippen LogP contribution in [0.2, 0.25) is 0 Å². The summed E-state index contributed by atoms with van der Waals surface area (Å²) in [6.45, 7) is 1.86. The Bertz CT molecular complexity index is 916. The van der Waals surface area contributed by atoms with Crippen molar-refractivity contribution in [1.82, 2.24) is 19.8 Å². The number of para-hydroxylation sites is 1. The molecule has 2 atom stereocenters. The van der Waals surface area contributed by atoms with Gasteiger partial charge in [0.25, 0.3) is 5.56 Å². The van der Waals surface area contributed by atoms with Gasteiger partial charge in [0.15, 0.2) is 0 Å². The molecule has 25 heavy (non-hydrogen) atoms. The summed E-state index contributed by atoms with van der Waals surface area (Å²) in [5.74, 6) is -0.277. The Morgan fingerprint density at radius 1 is 1.16 bits per heavy atom. The summed E-state index contributed by atoms with van der Waals surface area (Å²) in [4.78, 5) is 42.2. The standard InChI is InChI=1S/C18H22N4O3/c23-16(19-14-8-10-21-9-4-3-7-15(14)21)11-22-17(24)12-5-1-2-6-13(12)20-18(22)25/h1-2,5-6,14-15H,3-4,7-11H2,(H,19,23)(H,20,25)/t14-,15+/m1/s1. The lowest BCUT2D eigenvalue weighted by molar-refractivity contribution is -0.122. The molecule has 0 aliphatic carbocycles. The fraction of sp³-hybridized carbons (Fsp3) is 0.500. The van der Waals surface area contributed by atoms with Crippen molar-refractivity contribution in [2.24, 2.45) is 0 Å². The number of hydrogen-bond acceptors (Lipinski definition) is 4. The minimum absolute atomic E-state index is 0.114. The molecule has 4 rings (SSSR count). The second kappa shape index (κ2) is 6.48. The second-order valence-corrected chi connectivity index (χ2v) is 6.93. The number of aromatic nitrogens is 2. The van der Waals surface area contributed by atoms with E-state index in [1.54, 1.807) is 24.3 Å². The van der Waals surface area contributed by atoms with E-state index >= 15 is 0 Å². The van der Waals surface area contributed by atoms with Crippen LogP contribution in [0.15, 0.2) is 33.9 Å². The van der Waals surface area contributed by atoms with Crippen molar-refractivity contribution in [3.05, 3.63) is 45.1 Å². The van der Waals surface area contributed by atoms with Crippen LogP contribution in [-0.2, 0) is 11.3 Å². The van der Waals surface area contributed by atoms with Gasteiger partial charge in [-0.3, -0.25) is 19.1 Å². The number of carbonyl (C=O) groups is 1. The van der Waals surface area contributed by atoms with Crippen LogP contribution in [0, 0.1) is 0 Å². The van der Waals surface area contributed by atoms with Gasteiger partial charge in [0.05, 0.1) is 10.9 Å². The molecule has 2 fully saturated rings. The highest BCUT2D eigenvalue weighted by molar-refractivity contribution is 5.79. The van der Waals surface area contributed by atoms with Gasteiger partial charge < -0.3 is 10.3 Å². The zero-order chi connectivity index (χ0) is 17.4. The molecule has 2 saturated heterocycles. The first-order valence-electron chi connectivity index (χ1n) is 8.89. The van der Waals surface area contributed by atoms with Crippen molar-refractivity contribution in [2.75, 3.05) is 13.1 Å². The Hall–Kier alpha value is -2.41. The number of aromatic amines is 1. The van der Waals surface area contributed by atoms with Gasteiger partial charge in [-0.25, -0.2) is 4.79 Å². The van der Waals surface area contributed by atoms with Crippen molar-refractivity contribution in [2.45, 2.75) is 44.3 Å². The Morgan fingerprint density at radius 3 is 2.88 bits per heavy atom. The summed E-state index contributed by atoms with van der Waals surface area (Å²) < 4.78 is 0.977. The largest absolute Gasteiger partial charge is 0.350 e. The van der Waals surface area contributed by atoms with E-state index in [4.69, 9.17) is 0 Å². The molecule has 1 aromatic carbocycles. The van der Waals surface area contributed by atoms with Gasteiger partial charge in [0.1, 0.15) is 6.54 Å². The van der Waals surface area contributed by atoms with Crippen LogP contribution >= 0.6 is 0 Å².